The van der Waals surface area contributed by atoms with Crippen LogP contribution in [0.15, 0.2) is 11.4 Å². The van der Waals surface area contributed by atoms with Gasteiger partial charge in [-0.3, -0.25) is 4.79 Å². The maximum atomic E-state index is 14.0. The summed E-state index contributed by atoms with van der Waals surface area (Å²) in [6.45, 7) is 1.92. The zero-order chi connectivity index (χ0) is 14.5. The van der Waals surface area contributed by atoms with Crippen LogP contribution < -0.4 is 0 Å². The van der Waals surface area contributed by atoms with Crippen molar-refractivity contribution >= 4 is 23.2 Å². The van der Waals surface area contributed by atoms with E-state index in [1.54, 1.807) is 11.3 Å². The van der Waals surface area contributed by atoms with Crippen LogP contribution >= 0.6 is 11.3 Å². The summed E-state index contributed by atoms with van der Waals surface area (Å²) in [7, 11) is 0. The molecular weight excluding hydrogens is 281 g/mol. The smallest absolute Gasteiger partial charge is 0.343 e. The number of rotatable bonds is 3. The number of hydrogen-bond donors (Lipinski definition) is 1. The molecule has 0 bridgehead atoms. The van der Waals surface area contributed by atoms with Gasteiger partial charge in [0.15, 0.2) is 0 Å². The number of alkyl halides is 1. The van der Waals surface area contributed by atoms with E-state index in [-0.39, 0.29) is 37.3 Å². The molecule has 1 aromatic rings. The number of halogens is 1. The summed E-state index contributed by atoms with van der Waals surface area (Å²) in [6, 6.07) is 2.03. The number of thiophene rings is 1. The van der Waals surface area contributed by atoms with Gasteiger partial charge in [0.25, 0.3) is 0 Å². The van der Waals surface area contributed by atoms with Gasteiger partial charge < -0.3 is 10.0 Å². The van der Waals surface area contributed by atoms with Gasteiger partial charge in [-0.15, -0.1) is 11.3 Å². The summed E-state index contributed by atoms with van der Waals surface area (Å²) in [5, 5.41) is 10.9. The van der Waals surface area contributed by atoms with Crippen LogP contribution in [0.5, 0.6) is 0 Å². The molecule has 1 aliphatic carbocycles. The Balaban J connectivity index is 1.65. The molecule has 1 N–H and O–H groups in total. The first-order chi connectivity index (χ1) is 9.42. The molecule has 6 heteroatoms. The Morgan fingerprint density at radius 2 is 2.30 bits per heavy atom. The highest BCUT2D eigenvalue weighted by Gasteiger charge is 2.52. The Morgan fingerprint density at radius 1 is 1.55 bits per heavy atom. The number of likely N-dealkylation sites (tertiary alicyclic amines) is 1. The van der Waals surface area contributed by atoms with Crippen LogP contribution in [-0.2, 0) is 9.59 Å². The van der Waals surface area contributed by atoms with Crippen molar-refractivity contribution in [3.8, 4) is 0 Å². The molecule has 2 heterocycles. The first-order valence-corrected chi connectivity index (χ1v) is 7.55. The molecule has 0 spiro atoms. The standard InChI is InChI=1S/C14H16FNO3S/c1-8-2-5-20-11(8)9-6-10(9)12(17)16-4-3-14(15,7-16)13(18)19/h2,5,9-10H,3-4,6-7H2,1H3,(H,18,19). The van der Waals surface area contributed by atoms with E-state index < -0.39 is 11.6 Å². The highest BCUT2D eigenvalue weighted by atomic mass is 32.1. The van der Waals surface area contributed by atoms with Crippen LogP contribution in [0.25, 0.3) is 0 Å². The molecule has 2 fully saturated rings. The molecule has 1 aliphatic heterocycles. The average molecular weight is 297 g/mol. The normalized spacial score (nSPS) is 32.4. The number of carboxylic acids is 1. The van der Waals surface area contributed by atoms with E-state index in [1.165, 1.54) is 15.3 Å². The number of carbonyl (C=O) groups excluding carboxylic acids is 1. The maximum absolute atomic E-state index is 14.0. The number of aliphatic carboxylic acids is 1. The Kier molecular flexibility index (Phi) is 3.08. The third-order valence-corrected chi connectivity index (χ3v) is 5.41. The summed E-state index contributed by atoms with van der Waals surface area (Å²) in [6.07, 6.45) is 0.687. The fraction of sp³-hybridized carbons (Fsp3) is 0.571. The molecule has 3 unspecified atom stereocenters. The van der Waals surface area contributed by atoms with E-state index in [4.69, 9.17) is 5.11 Å². The van der Waals surface area contributed by atoms with Gasteiger partial charge in [-0.2, -0.15) is 0 Å². The van der Waals surface area contributed by atoms with E-state index in [0.717, 1.165) is 6.42 Å². The Morgan fingerprint density at radius 3 is 2.85 bits per heavy atom. The number of amides is 1. The van der Waals surface area contributed by atoms with Gasteiger partial charge >= 0.3 is 5.97 Å². The van der Waals surface area contributed by atoms with E-state index >= 15 is 0 Å². The lowest BCUT2D eigenvalue weighted by molar-refractivity contribution is -0.150. The van der Waals surface area contributed by atoms with Gasteiger partial charge in [-0.25, -0.2) is 9.18 Å². The predicted octanol–water partition coefficient (Wildman–Crippen LogP) is 2.19. The van der Waals surface area contributed by atoms with Gasteiger partial charge in [0, 0.05) is 29.7 Å². The summed E-state index contributed by atoms with van der Waals surface area (Å²) < 4.78 is 14.0. The van der Waals surface area contributed by atoms with Crippen molar-refractivity contribution in [3.63, 3.8) is 0 Å². The van der Waals surface area contributed by atoms with Crippen molar-refractivity contribution in [1.29, 1.82) is 0 Å². The van der Waals surface area contributed by atoms with Crippen LogP contribution in [0, 0.1) is 12.8 Å². The fourth-order valence-corrected chi connectivity index (χ4v) is 4.00. The predicted molar refractivity (Wildman–Crippen MR) is 72.6 cm³/mol. The Labute approximate surface area is 120 Å². The average Bonchev–Trinajstić information content (AvgIpc) is 2.90. The quantitative estimate of drug-likeness (QED) is 0.930. The summed E-state index contributed by atoms with van der Waals surface area (Å²) in [5.41, 5.74) is -1.07. The van der Waals surface area contributed by atoms with Crippen molar-refractivity contribution < 1.29 is 19.1 Å². The second kappa shape index (κ2) is 4.55. The molecule has 0 radical (unpaired) electrons. The minimum absolute atomic E-state index is 0.0939. The van der Waals surface area contributed by atoms with Crippen molar-refractivity contribution in [2.24, 2.45) is 5.92 Å². The second-order valence-corrected chi connectivity index (χ2v) is 6.64. The molecule has 20 heavy (non-hydrogen) atoms. The number of carbonyl (C=O) groups is 2. The minimum atomic E-state index is -2.26. The Hall–Kier alpha value is -1.43. The number of nitrogens with zero attached hydrogens (tertiary/aromatic N) is 1. The third kappa shape index (κ3) is 2.12. The molecule has 3 atom stereocenters. The minimum Gasteiger partial charge on any atom is -0.479 e. The SMILES string of the molecule is Cc1ccsc1C1CC1C(=O)N1CCC(F)(C(=O)O)C1. The molecule has 4 nitrogen and oxygen atoms in total. The van der Waals surface area contributed by atoms with Crippen molar-refractivity contribution in [3.05, 3.63) is 21.9 Å². The van der Waals surface area contributed by atoms with Crippen LogP contribution in [-0.4, -0.2) is 40.6 Å². The molecule has 1 saturated carbocycles. The first kappa shape index (κ1) is 13.5. The van der Waals surface area contributed by atoms with Gasteiger partial charge in [0.2, 0.25) is 11.6 Å². The van der Waals surface area contributed by atoms with Gasteiger partial charge in [-0.1, -0.05) is 0 Å². The van der Waals surface area contributed by atoms with E-state index in [2.05, 4.69) is 0 Å². The van der Waals surface area contributed by atoms with E-state index in [9.17, 15) is 14.0 Å². The van der Waals surface area contributed by atoms with Crippen molar-refractivity contribution in [2.75, 3.05) is 13.1 Å². The second-order valence-electron chi connectivity index (χ2n) is 5.70. The fourth-order valence-electron chi connectivity index (χ4n) is 2.89. The molecule has 2 aliphatic rings. The summed E-state index contributed by atoms with van der Waals surface area (Å²) in [4.78, 5) is 25.8. The number of carboxylic acid groups (broad SMARTS) is 1. The lowest BCUT2D eigenvalue weighted by atomic mass is 10.1. The monoisotopic (exact) mass is 297 g/mol. The molecule has 3 rings (SSSR count). The van der Waals surface area contributed by atoms with Gasteiger partial charge in [0.05, 0.1) is 6.54 Å². The largest absolute Gasteiger partial charge is 0.479 e. The lowest BCUT2D eigenvalue weighted by Crippen LogP contribution is -2.39. The lowest BCUT2D eigenvalue weighted by Gasteiger charge is -2.17. The summed E-state index contributed by atoms with van der Waals surface area (Å²) in [5.74, 6) is -1.41. The molecule has 0 aromatic carbocycles. The third-order valence-electron chi connectivity index (χ3n) is 4.26. The number of hydrogen-bond acceptors (Lipinski definition) is 3. The van der Waals surface area contributed by atoms with E-state index in [1.807, 2.05) is 18.4 Å². The van der Waals surface area contributed by atoms with Crippen LogP contribution in [0.3, 0.4) is 0 Å². The topological polar surface area (TPSA) is 57.6 Å². The van der Waals surface area contributed by atoms with Crippen LogP contribution in [0.2, 0.25) is 0 Å². The highest BCUT2D eigenvalue weighted by Crippen LogP contribution is 2.51. The number of aryl methyl sites for hydroxylation is 1. The van der Waals surface area contributed by atoms with Gasteiger partial charge in [0.1, 0.15) is 0 Å². The molecular formula is C14H16FNO3S. The zero-order valence-electron chi connectivity index (χ0n) is 11.1. The van der Waals surface area contributed by atoms with E-state index in [0.29, 0.717) is 0 Å². The molecule has 1 amide bonds. The highest BCUT2D eigenvalue weighted by molar-refractivity contribution is 7.10. The van der Waals surface area contributed by atoms with Crippen LogP contribution in [0.4, 0.5) is 4.39 Å². The Bertz CT molecular complexity index is 573. The summed E-state index contributed by atoms with van der Waals surface area (Å²) >= 11 is 1.65. The van der Waals surface area contributed by atoms with Gasteiger partial charge in [-0.05, 0) is 30.4 Å². The maximum Gasteiger partial charge on any atom is 0.343 e. The van der Waals surface area contributed by atoms with Crippen molar-refractivity contribution in [1.82, 2.24) is 4.90 Å². The molecule has 1 aromatic heterocycles. The molecule has 108 valence electrons. The first-order valence-electron chi connectivity index (χ1n) is 6.67. The zero-order valence-corrected chi connectivity index (χ0v) is 12.0. The van der Waals surface area contributed by atoms with Crippen LogP contribution in [0.1, 0.15) is 29.2 Å². The van der Waals surface area contributed by atoms with Crippen molar-refractivity contribution in [2.45, 2.75) is 31.4 Å². The molecule has 1 saturated heterocycles.